The summed E-state index contributed by atoms with van der Waals surface area (Å²) in [6, 6.07) is 4.48. The Bertz CT molecular complexity index is 434. The molecule has 0 aromatic carbocycles. The molecule has 1 aromatic heterocycles. The van der Waals surface area contributed by atoms with E-state index >= 15 is 0 Å². The number of halogens is 1. The van der Waals surface area contributed by atoms with Crippen molar-refractivity contribution in [3.63, 3.8) is 0 Å². The van der Waals surface area contributed by atoms with Crippen molar-refractivity contribution >= 4 is 22.9 Å². The van der Waals surface area contributed by atoms with Crippen LogP contribution in [0, 0.1) is 16.7 Å². The normalized spacial score (nSPS) is 24.0. The minimum absolute atomic E-state index is 0.163. The Labute approximate surface area is 121 Å². The quantitative estimate of drug-likeness (QED) is 0.584. The first-order valence-electron chi connectivity index (χ1n) is 6.74. The summed E-state index contributed by atoms with van der Waals surface area (Å²) in [7, 11) is 0. The van der Waals surface area contributed by atoms with Gasteiger partial charge in [0.2, 0.25) is 0 Å². The maximum atomic E-state index is 6.75. The summed E-state index contributed by atoms with van der Waals surface area (Å²) in [4.78, 5) is 2.77. The number of thiophene rings is 1. The minimum Gasteiger partial charge on any atom is -0.143 e. The average molecular weight is 285 g/mol. The van der Waals surface area contributed by atoms with Crippen LogP contribution in [0.25, 0.3) is 0 Å². The van der Waals surface area contributed by atoms with Crippen LogP contribution in [0.15, 0.2) is 12.1 Å². The summed E-state index contributed by atoms with van der Waals surface area (Å²) in [5, 5.41) is 0.163. The second kappa shape index (κ2) is 3.99. The maximum absolute atomic E-state index is 6.75. The highest BCUT2D eigenvalue weighted by molar-refractivity contribution is 7.12. The van der Waals surface area contributed by atoms with E-state index in [0.29, 0.717) is 16.7 Å². The van der Waals surface area contributed by atoms with Crippen molar-refractivity contribution < 1.29 is 0 Å². The topological polar surface area (TPSA) is 0 Å². The fourth-order valence-electron chi connectivity index (χ4n) is 3.05. The van der Waals surface area contributed by atoms with Crippen molar-refractivity contribution in [1.29, 1.82) is 0 Å². The standard InChI is InChI=1S/C16H25ClS/c1-14(2,3)11-9-8-10(18-11)12(17)13-15(4,5)16(13,6)7/h8-9,12-13H,1-7H3. The predicted molar refractivity (Wildman–Crippen MR) is 82.7 cm³/mol. The zero-order valence-corrected chi connectivity index (χ0v) is 14.2. The van der Waals surface area contributed by atoms with Gasteiger partial charge in [-0.15, -0.1) is 22.9 Å². The van der Waals surface area contributed by atoms with Crippen LogP contribution in [-0.2, 0) is 5.41 Å². The third kappa shape index (κ3) is 2.04. The Balaban J connectivity index is 2.22. The van der Waals surface area contributed by atoms with Gasteiger partial charge in [0.05, 0.1) is 5.38 Å². The van der Waals surface area contributed by atoms with E-state index in [9.17, 15) is 0 Å². The van der Waals surface area contributed by atoms with Crippen LogP contribution < -0.4 is 0 Å². The monoisotopic (exact) mass is 284 g/mol. The predicted octanol–water partition coefficient (Wildman–Crippen LogP) is 6.01. The molecule has 1 heterocycles. The molecule has 1 fully saturated rings. The van der Waals surface area contributed by atoms with Gasteiger partial charge >= 0.3 is 0 Å². The molecule has 18 heavy (non-hydrogen) atoms. The second-order valence-electron chi connectivity index (χ2n) is 7.77. The molecule has 0 saturated heterocycles. The largest absolute Gasteiger partial charge is 0.143 e. The lowest BCUT2D eigenvalue weighted by Crippen LogP contribution is -2.07. The smallest absolute Gasteiger partial charge is 0.0717 e. The molecule has 1 atom stereocenters. The van der Waals surface area contributed by atoms with Gasteiger partial charge < -0.3 is 0 Å². The molecule has 0 radical (unpaired) electrons. The van der Waals surface area contributed by atoms with E-state index in [1.54, 1.807) is 0 Å². The van der Waals surface area contributed by atoms with Gasteiger partial charge in [-0.25, -0.2) is 0 Å². The lowest BCUT2D eigenvalue weighted by atomic mass is 9.95. The van der Waals surface area contributed by atoms with E-state index in [1.165, 1.54) is 9.75 Å². The Morgan fingerprint density at radius 1 is 1.11 bits per heavy atom. The first-order valence-corrected chi connectivity index (χ1v) is 7.99. The Morgan fingerprint density at radius 3 is 1.94 bits per heavy atom. The van der Waals surface area contributed by atoms with Crippen molar-refractivity contribution in [1.82, 2.24) is 0 Å². The van der Waals surface area contributed by atoms with Gasteiger partial charge in [-0.3, -0.25) is 0 Å². The molecule has 0 aliphatic heterocycles. The van der Waals surface area contributed by atoms with E-state index in [-0.39, 0.29) is 10.8 Å². The summed E-state index contributed by atoms with van der Waals surface area (Å²) in [6.45, 7) is 16.1. The van der Waals surface area contributed by atoms with Gasteiger partial charge in [-0.05, 0) is 34.3 Å². The van der Waals surface area contributed by atoms with Gasteiger partial charge in [-0.1, -0.05) is 48.5 Å². The van der Waals surface area contributed by atoms with Crippen LogP contribution in [0.2, 0.25) is 0 Å². The summed E-state index contributed by atoms with van der Waals surface area (Å²) in [6.07, 6.45) is 0. The van der Waals surface area contributed by atoms with Gasteiger partial charge in [0.1, 0.15) is 0 Å². The molecule has 0 amide bonds. The Morgan fingerprint density at radius 2 is 1.61 bits per heavy atom. The summed E-state index contributed by atoms with van der Waals surface area (Å²) in [5.74, 6) is 0.582. The van der Waals surface area contributed by atoms with Crippen molar-refractivity contribution in [3.8, 4) is 0 Å². The molecule has 2 heteroatoms. The first kappa shape index (κ1) is 14.4. The van der Waals surface area contributed by atoms with E-state index in [4.69, 9.17) is 11.6 Å². The highest BCUT2D eigenvalue weighted by Gasteiger charge is 2.67. The van der Waals surface area contributed by atoms with E-state index in [1.807, 2.05) is 11.3 Å². The van der Waals surface area contributed by atoms with Crippen molar-refractivity contribution in [2.24, 2.45) is 16.7 Å². The van der Waals surface area contributed by atoms with Crippen LogP contribution in [-0.4, -0.2) is 0 Å². The van der Waals surface area contributed by atoms with E-state index in [2.05, 4.69) is 60.6 Å². The van der Waals surface area contributed by atoms with Gasteiger partial charge in [0.15, 0.2) is 0 Å². The third-order valence-corrected chi connectivity index (χ3v) is 7.27. The first-order chi connectivity index (χ1) is 7.99. The summed E-state index contributed by atoms with van der Waals surface area (Å²) < 4.78 is 0. The molecular formula is C16H25ClS. The number of alkyl halides is 1. The third-order valence-electron chi connectivity index (χ3n) is 5.06. The zero-order valence-electron chi connectivity index (χ0n) is 12.6. The average Bonchev–Trinajstić information content (AvgIpc) is 2.57. The van der Waals surface area contributed by atoms with Gasteiger partial charge in [0, 0.05) is 9.75 Å². The minimum atomic E-state index is 0.163. The Hall–Kier alpha value is -0.0100. The summed E-state index contributed by atoms with van der Waals surface area (Å²) >= 11 is 8.63. The number of hydrogen-bond donors (Lipinski definition) is 0. The molecule has 1 aliphatic rings. The zero-order chi connectivity index (χ0) is 13.9. The lowest BCUT2D eigenvalue weighted by Gasteiger charge is -2.16. The highest BCUT2D eigenvalue weighted by atomic mass is 35.5. The van der Waals surface area contributed by atoms with Crippen LogP contribution in [0.3, 0.4) is 0 Å². The molecule has 1 aliphatic carbocycles. The van der Waals surface area contributed by atoms with Crippen LogP contribution >= 0.6 is 22.9 Å². The maximum Gasteiger partial charge on any atom is 0.0717 e. The molecule has 0 nitrogen and oxygen atoms in total. The number of hydrogen-bond acceptors (Lipinski definition) is 1. The van der Waals surface area contributed by atoms with Crippen molar-refractivity contribution in [2.75, 3.05) is 0 Å². The molecule has 1 unspecified atom stereocenters. The van der Waals surface area contributed by atoms with Crippen molar-refractivity contribution in [2.45, 2.75) is 59.3 Å². The molecule has 2 rings (SSSR count). The fourth-order valence-corrected chi connectivity index (χ4v) is 4.96. The lowest BCUT2D eigenvalue weighted by molar-refractivity contribution is 0.457. The molecule has 102 valence electrons. The van der Waals surface area contributed by atoms with E-state index < -0.39 is 0 Å². The van der Waals surface area contributed by atoms with Gasteiger partial charge in [0.25, 0.3) is 0 Å². The second-order valence-corrected chi connectivity index (χ2v) is 9.36. The molecule has 0 spiro atoms. The van der Waals surface area contributed by atoms with Crippen LogP contribution in [0.1, 0.15) is 63.6 Å². The van der Waals surface area contributed by atoms with Crippen LogP contribution in [0.4, 0.5) is 0 Å². The molecule has 1 aromatic rings. The molecule has 0 bridgehead atoms. The highest BCUT2D eigenvalue weighted by Crippen LogP contribution is 2.73. The molecular weight excluding hydrogens is 260 g/mol. The Kier molecular flexibility index (Phi) is 3.19. The van der Waals surface area contributed by atoms with Gasteiger partial charge in [-0.2, -0.15) is 0 Å². The molecule has 1 saturated carbocycles. The SMILES string of the molecule is CC(C)(C)c1ccc(C(Cl)C2C(C)(C)C2(C)C)s1. The van der Waals surface area contributed by atoms with Crippen molar-refractivity contribution in [3.05, 3.63) is 21.9 Å². The fraction of sp³-hybridized carbons (Fsp3) is 0.750. The van der Waals surface area contributed by atoms with Crippen LogP contribution in [0.5, 0.6) is 0 Å². The number of rotatable bonds is 2. The molecule has 0 N–H and O–H groups in total. The van der Waals surface area contributed by atoms with E-state index in [0.717, 1.165) is 0 Å². The summed E-state index contributed by atoms with van der Waals surface area (Å²) in [5.41, 5.74) is 0.935.